The second kappa shape index (κ2) is 11.6. The molecule has 0 spiro atoms. The SMILES string of the molecule is COc1ccc(-n2nc(-c3ccccc3)cc2C(=O)N2CCN(C(c3ccccc3)c3ccccc3)CC2)cc1. The molecule has 1 aromatic heterocycles. The topological polar surface area (TPSA) is 50.6 Å². The van der Waals surface area contributed by atoms with Crippen molar-refractivity contribution in [3.8, 4) is 22.7 Å². The number of carbonyl (C=O) groups excluding carboxylic acids is 1. The largest absolute Gasteiger partial charge is 0.497 e. The van der Waals surface area contributed by atoms with Crippen molar-refractivity contribution in [2.45, 2.75) is 6.04 Å². The molecule has 0 radical (unpaired) electrons. The summed E-state index contributed by atoms with van der Waals surface area (Å²) in [4.78, 5) is 18.4. The highest BCUT2D eigenvalue weighted by atomic mass is 16.5. The Morgan fingerprint density at radius 1 is 0.725 bits per heavy atom. The maximum Gasteiger partial charge on any atom is 0.272 e. The van der Waals surface area contributed by atoms with E-state index >= 15 is 0 Å². The summed E-state index contributed by atoms with van der Waals surface area (Å²) in [6, 6.07) is 40.9. The van der Waals surface area contributed by atoms with Crippen molar-refractivity contribution >= 4 is 5.91 Å². The van der Waals surface area contributed by atoms with Gasteiger partial charge >= 0.3 is 0 Å². The number of nitrogens with zero attached hydrogens (tertiary/aromatic N) is 4. The molecule has 1 aliphatic rings. The molecule has 2 heterocycles. The summed E-state index contributed by atoms with van der Waals surface area (Å²) in [7, 11) is 1.64. The minimum atomic E-state index is -0.0129. The first-order valence-electron chi connectivity index (χ1n) is 13.6. The molecule has 0 unspecified atom stereocenters. The molecule has 1 aliphatic heterocycles. The summed E-state index contributed by atoms with van der Waals surface area (Å²) < 4.78 is 7.09. The highest BCUT2D eigenvalue weighted by Gasteiger charge is 2.30. The van der Waals surface area contributed by atoms with E-state index in [1.807, 2.05) is 65.6 Å². The van der Waals surface area contributed by atoms with Crippen molar-refractivity contribution in [3.63, 3.8) is 0 Å². The number of aromatic nitrogens is 2. The molecule has 1 fully saturated rings. The average Bonchev–Trinajstić information content (AvgIpc) is 3.48. The number of amides is 1. The summed E-state index contributed by atoms with van der Waals surface area (Å²) in [5.41, 5.74) is 5.64. The Kier molecular flexibility index (Phi) is 7.42. The molecule has 40 heavy (non-hydrogen) atoms. The van der Waals surface area contributed by atoms with E-state index in [1.54, 1.807) is 11.8 Å². The molecule has 6 rings (SSSR count). The lowest BCUT2D eigenvalue weighted by Crippen LogP contribution is -2.50. The van der Waals surface area contributed by atoms with Crippen LogP contribution in [0.25, 0.3) is 16.9 Å². The van der Waals surface area contributed by atoms with Crippen LogP contribution in [0, 0.1) is 0 Å². The number of rotatable bonds is 7. The molecule has 0 N–H and O–H groups in total. The zero-order valence-electron chi connectivity index (χ0n) is 22.6. The molecule has 0 aliphatic carbocycles. The average molecular weight is 529 g/mol. The van der Waals surface area contributed by atoms with E-state index in [9.17, 15) is 4.79 Å². The van der Waals surface area contributed by atoms with Gasteiger partial charge in [-0.1, -0.05) is 91.0 Å². The Bertz CT molecular complexity index is 1500. The van der Waals surface area contributed by atoms with Gasteiger partial charge in [-0.3, -0.25) is 9.69 Å². The van der Waals surface area contributed by atoms with Gasteiger partial charge in [-0.15, -0.1) is 0 Å². The molecule has 6 heteroatoms. The number of hydrogen-bond acceptors (Lipinski definition) is 4. The van der Waals surface area contributed by atoms with Crippen LogP contribution in [-0.2, 0) is 0 Å². The smallest absolute Gasteiger partial charge is 0.272 e. The van der Waals surface area contributed by atoms with Gasteiger partial charge in [0.1, 0.15) is 11.4 Å². The van der Waals surface area contributed by atoms with Crippen molar-refractivity contribution < 1.29 is 9.53 Å². The minimum absolute atomic E-state index is 0.0129. The minimum Gasteiger partial charge on any atom is -0.497 e. The van der Waals surface area contributed by atoms with Crippen LogP contribution in [0.1, 0.15) is 27.7 Å². The highest BCUT2D eigenvalue weighted by Crippen LogP contribution is 2.30. The number of hydrogen-bond donors (Lipinski definition) is 0. The van der Waals surface area contributed by atoms with E-state index in [-0.39, 0.29) is 11.9 Å². The van der Waals surface area contributed by atoms with E-state index < -0.39 is 0 Å². The summed E-state index contributed by atoms with van der Waals surface area (Å²) in [5.74, 6) is 0.746. The van der Waals surface area contributed by atoms with Crippen LogP contribution < -0.4 is 4.74 Å². The number of ether oxygens (including phenoxy) is 1. The van der Waals surface area contributed by atoms with Crippen LogP contribution in [-0.4, -0.2) is 58.8 Å². The van der Waals surface area contributed by atoms with Crippen molar-refractivity contribution in [2.24, 2.45) is 0 Å². The zero-order chi connectivity index (χ0) is 27.3. The van der Waals surface area contributed by atoms with Gasteiger partial charge in [-0.25, -0.2) is 4.68 Å². The third kappa shape index (κ3) is 5.26. The fourth-order valence-corrected chi connectivity index (χ4v) is 5.43. The van der Waals surface area contributed by atoms with E-state index in [1.165, 1.54) is 11.1 Å². The van der Waals surface area contributed by atoms with E-state index in [0.29, 0.717) is 18.8 Å². The van der Waals surface area contributed by atoms with Crippen molar-refractivity contribution in [2.75, 3.05) is 33.3 Å². The number of piperazine rings is 1. The van der Waals surface area contributed by atoms with Crippen molar-refractivity contribution in [1.82, 2.24) is 19.6 Å². The maximum atomic E-state index is 14.0. The van der Waals surface area contributed by atoms with Crippen LogP contribution in [0.3, 0.4) is 0 Å². The van der Waals surface area contributed by atoms with E-state index in [4.69, 9.17) is 9.84 Å². The second-order valence-electron chi connectivity index (χ2n) is 9.94. The van der Waals surface area contributed by atoms with Crippen LogP contribution in [0.4, 0.5) is 0 Å². The lowest BCUT2D eigenvalue weighted by molar-refractivity contribution is 0.0589. The molecular weight excluding hydrogens is 496 g/mol. The first-order valence-corrected chi connectivity index (χ1v) is 13.6. The normalized spacial score (nSPS) is 13.9. The molecule has 0 saturated carbocycles. The predicted molar refractivity (Wildman–Crippen MR) is 158 cm³/mol. The third-order valence-electron chi connectivity index (χ3n) is 7.51. The van der Waals surface area contributed by atoms with Gasteiger partial charge in [0.05, 0.1) is 24.5 Å². The highest BCUT2D eigenvalue weighted by molar-refractivity contribution is 5.94. The Morgan fingerprint density at radius 2 is 1.27 bits per heavy atom. The monoisotopic (exact) mass is 528 g/mol. The number of methoxy groups -OCH3 is 1. The molecule has 0 bridgehead atoms. The Hall–Kier alpha value is -4.68. The summed E-state index contributed by atoms with van der Waals surface area (Å²) in [6.07, 6.45) is 0. The fraction of sp³-hybridized carbons (Fsp3) is 0.176. The van der Waals surface area contributed by atoms with Gasteiger partial charge in [0.25, 0.3) is 5.91 Å². The first kappa shape index (κ1) is 25.6. The lowest BCUT2D eigenvalue weighted by atomic mass is 9.96. The summed E-state index contributed by atoms with van der Waals surface area (Å²) >= 11 is 0. The molecule has 0 atom stereocenters. The van der Waals surface area contributed by atoms with E-state index in [2.05, 4.69) is 65.6 Å². The second-order valence-corrected chi connectivity index (χ2v) is 9.94. The van der Waals surface area contributed by atoms with Gasteiger partial charge < -0.3 is 9.64 Å². The summed E-state index contributed by atoms with van der Waals surface area (Å²) in [6.45, 7) is 2.84. The van der Waals surface area contributed by atoms with Crippen LogP contribution in [0.15, 0.2) is 121 Å². The van der Waals surface area contributed by atoms with Crippen LogP contribution in [0.5, 0.6) is 5.75 Å². The predicted octanol–water partition coefficient (Wildman–Crippen LogP) is 6.10. The van der Waals surface area contributed by atoms with Crippen molar-refractivity contribution in [1.29, 1.82) is 0 Å². The van der Waals surface area contributed by atoms with E-state index in [0.717, 1.165) is 35.8 Å². The Labute approximate surface area is 235 Å². The molecule has 1 saturated heterocycles. The van der Waals surface area contributed by atoms with Crippen molar-refractivity contribution in [3.05, 3.63) is 138 Å². The standard InChI is InChI=1S/C34H32N4O2/c1-40-30-19-17-29(18-20-30)38-32(25-31(35-38)26-11-5-2-6-12-26)34(39)37-23-21-36(22-24-37)33(27-13-7-3-8-14-27)28-15-9-4-10-16-28/h2-20,25,33H,21-24H2,1H3. The molecule has 4 aromatic carbocycles. The molecule has 1 amide bonds. The molecule has 200 valence electrons. The number of benzene rings is 4. The Balaban J connectivity index is 1.27. The van der Waals surface area contributed by atoms with Gasteiger partial charge in [0.15, 0.2) is 0 Å². The van der Waals surface area contributed by atoms with Gasteiger partial charge in [-0.05, 0) is 41.5 Å². The molecular formula is C34H32N4O2. The lowest BCUT2D eigenvalue weighted by Gasteiger charge is -2.39. The van der Waals surface area contributed by atoms with Gasteiger partial charge in [0.2, 0.25) is 0 Å². The number of carbonyl (C=O) groups is 1. The molecule has 5 aromatic rings. The van der Waals surface area contributed by atoms with Crippen LogP contribution in [0.2, 0.25) is 0 Å². The maximum absolute atomic E-state index is 14.0. The quantitative estimate of drug-likeness (QED) is 0.256. The zero-order valence-corrected chi connectivity index (χ0v) is 22.6. The first-order chi connectivity index (χ1) is 19.7. The third-order valence-corrected chi connectivity index (χ3v) is 7.51. The molecule has 6 nitrogen and oxygen atoms in total. The fourth-order valence-electron chi connectivity index (χ4n) is 5.43. The van der Waals surface area contributed by atoms with Gasteiger partial charge in [0, 0.05) is 31.7 Å². The Morgan fingerprint density at radius 3 is 1.82 bits per heavy atom. The summed E-state index contributed by atoms with van der Waals surface area (Å²) in [5, 5.41) is 4.86. The van der Waals surface area contributed by atoms with Gasteiger partial charge in [-0.2, -0.15) is 5.10 Å². The van der Waals surface area contributed by atoms with Crippen LogP contribution >= 0.6 is 0 Å².